The topological polar surface area (TPSA) is 49.4 Å². The van der Waals surface area contributed by atoms with Gasteiger partial charge in [-0.25, -0.2) is 8.42 Å². The van der Waals surface area contributed by atoms with Crippen molar-refractivity contribution in [2.75, 3.05) is 19.3 Å². The molecular weight excluding hydrogens is 176 g/mol. The first-order valence-electron chi connectivity index (χ1n) is 4.12. The zero-order valence-corrected chi connectivity index (χ0v) is 8.98. The fraction of sp³-hybridized carbons (Fsp3) is 1.00. The second kappa shape index (κ2) is 4.79. The highest BCUT2D eigenvalue weighted by Gasteiger charge is 2.13. The van der Waals surface area contributed by atoms with Gasteiger partial charge in [0.05, 0.1) is 12.4 Å². The van der Waals surface area contributed by atoms with Crippen LogP contribution in [0.2, 0.25) is 0 Å². The molecule has 0 aliphatic heterocycles. The fourth-order valence-corrected chi connectivity index (χ4v) is 1.92. The van der Waals surface area contributed by atoms with Crippen LogP contribution < -0.4 is 4.72 Å². The lowest BCUT2D eigenvalue weighted by Crippen LogP contribution is -2.45. The number of rotatable bonds is 5. The molecule has 0 rings (SSSR count). The molecule has 0 spiro atoms. The highest BCUT2D eigenvalue weighted by atomic mass is 32.2. The summed E-state index contributed by atoms with van der Waals surface area (Å²) in [4.78, 5) is 2.03. The molecule has 0 saturated heterocycles. The molecule has 1 unspecified atom stereocenters. The lowest BCUT2D eigenvalue weighted by molar-refractivity contribution is 0.221. The van der Waals surface area contributed by atoms with E-state index in [-0.39, 0.29) is 6.17 Å². The molecule has 0 amide bonds. The van der Waals surface area contributed by atoms with Gasteiger partial charge < -0.3 is 0 Å². The van der Waals surface area contributed by atoms with Crippen LogP contribution in [-0.4, -0.2) is 38.8 Å². The van der Waals surface area contributed by atoms with E-state index < -0.39 is 10.0 Å². The molecule has 0 fully saturated rings. The first-order valence-corrected chi connectivity index (χ1v) is 6.01. The van der Waals surface area contributed by atoms with Gasteiger partial charge in [0.1, 0.15) is 0 Å². The van der Waals surface area contributed by atoms with Crippen molar-refractivity contribution in [2.24, 2.45) is 0 Å². The Morgan fingerprint density at radius 2 is 1.75 bits per heavy atom. The van der Waals surface area contributed by atoms with E-state index in [4.69, 9.17) is 0 Å². The second-order valence-corrected chi connectivity index (χ2v) is 4.57. The number of hydrogen-bond acceptors (Lipinski definition) is 3. The van der Waals surface area contributed by atoms with Crippen LogP contribution in [0.1, 0.15) is 20.8 Å². The van der Waals surface area contributed by atoms with Crippen molar-refractivity contribution in [1.29, 1.82) is 0 Å². The summed E-state index contributed by atoms with van der Waals surface area (Å²) in [5.41, 5.74) is 0. The summed E-state index contributed by atoms with van der Waals surface area (Å²) in [5, 5.41) is 0. The molecule has 0 heterocycles. The van der Waals surface area contributed by atoms with Crippen LogP contribution in [0.5, 0.6) is 0 Å². The maximum Gasteiger partial charge on any atom is 0.210 e. The Balaban J connectivity index is 4.10. The highest BCUT2D eigenvalue weighted by molar-refractivity contribution is 7.88. The predicted octanol–water partition coefficient (Wildman–Crippen LogP) is 0.223. The van der Waals surface area contributed by atoms with E-state index in [1.165, 1.54) is 6.26 Å². The van der Waals surface area contributed by atoms with Crippen LogP contribution in [0.15, 0.2) is 0 Å². The quantitative estimate of drug-likeness (QED) is 0.637. The summed E-state index contributed by atoms with van der Waals surface area (Å²) < 4.78 is 24.2. The minimum absolute atomic E-state index is 0.116. The van der Waals surface area contributed by atoms with Crippen LogP contribution in [0.25, 0.3) is 0 Å². The van der Waals surface area contributed by atoms with E-state index in [1.807, 2.05) is 25.7 Å². The first kappa shape index (κ1) is 11.9. The minimum Gasteiger partial charge on any atom is -0.288 e. The van der Waals surface area contributed by atoms with Crippen molar-refractivity contribution < 1.29 is 8.42 Å². The van der Waals surface area contributed by atoms with Crippen molar-refractivity contribution in [1.82, 2.24) is 9.62 Å². The molecule has 12 heavy (non-hydrogen) atoms. The SMILES string of the molecule is CCN(CC)C(C)NS(C)(=O)=O. The molecule has 0 aromatic rings. The molecule has 1 N–H and O–H groups in total. The molecule has 4 nitrogen and oxygen atoms in total. The van der Waals surface area contributed by atoms with Crippen LogP contribution in [0.4, 0.5) is 0 Å². The third-order valence-electron chi connectivity index (χ3n) is 1.74. The Kier molecular flexibility index (Phi) is 4.74. The second-order valence-electron chi connectivity index (χ2n) is 2.79. The maximum absolute atomic E-state index is 10.8. The smallest absolute Gasteiger partial charge is 0.210 e. The first-order chi connectivity index (χ1) is 5.40. The molecular formula is C7H18N2O2S. The van der Waals surface area contributed by atoms with Gasteiger partial charge in [0, 0.05) is 0 Å². The lowest BCUT2D eigenvalue weighted by atomic mass is 10.4. The van der Waals surface area contributed by atoms with Crippen LogP contribution in [0.3, 0.4) is 0 Å². The van der Waals surface area contributed by atoms with Gasteiger partial charge in [0.15, 0.2) is 0 Å². The fourth-order valence-electron chi connectivity index (χ4n) is 1.16. The van der Waals surface area contributed by atoms with E-state index in [1.54, 1.807) is 0 Å². The van der Waals surface area contributed by atoms with Crippen LogP contribution >= 0.6 is 0 Å². The zero-order chi connectivity index (χ0) is 9.78. The molecule has 0 radical (unpaired) electrons. The Hall–Kier alpha value is -0.130. The van der Waals surface area contributed by atoms with E-state index in [9.17, 15) is 8.42 Å². The van der Waals surface area contributed by atoms with Gasteiger partial charge in [-0.05, 0) is 20.0 Å². The van der Waals surface area contributed by atoms with Crippen molar-refractivity contribution in [2.45, 2.75) is 26.9 Å². The molecule has 0 aliphatic carbocycles. The standard InChI is InChI=1S/C7H18N2O2S/c1-5-9(6-2)7(3)8-12(4,10)11/h7-8H,5-6H2,1-4H3. The predicted molar refractivity (Wildman–Crippen MR) is 50.4 cm³/mol. The summed E-state index contributed by atoms with van der Waals surface area (Å²) >= 11 is 0. The molecule has 0 saturated carbocycles. The molecule has 74 valence electrons. The van der Waals surface area contributed by atoms with Gasteiger partial charge in [0.25, 0.3) is 0 Å². The Morgan fingerprint density at radius 3 is 2.00 bits per heavy atom. The number of hydrogen-bond donors (Lipinski definition) is 1. The van der Waals surface area contributed by atoms with E-state index >= 15 is 0 Å². The third-order valence-corrected chi connectivity index (χ3v) is 2.51. The zero-order valence-electron chi connectivity index (χ0n) is 8.16. The summed E-state index contributed by atoms with van der Waals surface area (Å²) in [7, 11) is -3.08. The van der Waals surface area contributed by atoms with E-state index in [2.05, 4.69) is 4.72 Å². The van der Waals surface area contributed by atoms with E-state index in [0.717, 1.165) is 13.1 Å². The molecule has 0 aromatic heterocycles. The van der Waals surface area contributed by atoms with E-state index in [0.29, 0.717) is 0 Å². The maximum atomic E-state index is 10.8. The number of nitrogens with one attached hydrogen (secondary N) is 1. The molecule has 0 bridgehead atoms. The summed E-state index contributed by atoms with van der Waals surface area (Å²) in [5.74, 6) is 0. The van der Waals surface area contributed by atoms with Crippen molar-refractivity contribution in [3.8, 4) is 0 Å². The van der Waals surface area contributed by atoms with Crippen molar-refractivity contribution in [3.05, 3.63) is 0 Å². The van der Waals surface area contributed by atoms with Gasteiger partial charge >= 0.3 is 0 Å². The summed E-state index contributed by atoms with van der Waals surface area (Å²) in [6, 6.07) is 0. The Morgan fingerprint density at radius 1 is 1.33 bits per heavy atom. The largest absolute Gasteiger partial charge is 0.288 e. The molecule has 5 heteroatoms. The summed E-state index contributed by atoms with van der Waals surface area (Å²) in [6.45, 7) is 7.54. The Labute approximate surface area is 75.0 Å². The molecule has 0 aliphatic rings. The van der Waals surface area contributed by atoms with Gasteiger partial charge in [-0.15, -0.1) is 0 Å². The normalized spacial score (nSPS) is 15.1. The van der Waals surface area contributed by atoms with Gasteiger partial charge in [-0.1, -0.05) is 13.8 Å². The third kappa shape index (κ3) is 4.69. The average Bonchev–Trinajstić information content (AvgIpc) is 1.85. The number of sulfonamides is 1. The van der Waals surface area contributed by atoms with Gasteiger partial charge in [-0.3, -0.25) is 4.90 Å². The van der Waals surface area contributed by atoms with Crippen molar-refractivity contribution in [3.63, 3.8) is 0 Å². The lowest BCUT2D eigenvalue weighted by Gasteiger charge is -2.25. The minimum atomic E-state index is -3.08. The Bertz CT molecular complexity index is 209. The molecule has 0 aromatic carbocycles. The van der Waals surface area contributed by atoms with Crippen LogP contribution in [-0.2, 0) is 10.0 Å². The van der Waals surface area contributed by atoms with Gasteiger partial charge in [-0.2, -0.15) is 4.72 Å². The van der Waals surface area contributed by atoms with Crippen LogP contribution in [0, 0.1) is 0 Å². The average molecular weight is 194 g/mol. The summed E-state index contributed by atoms with van der Waals surface area (Å²) in [6.07, 6.45) is 1.06. The monoisotopic (exact) mass is 194 g/mol. The number of nitrogens with zero attached hydrogens (tertiary/aromatic N) is 1. The molecule has 1 atom stereocenters. The van der Waals surface area contributed by atoms with Crippen molar-refractivity contribution >= 4 is 10.0 Å². The van der Waals surface area contributed by atoms with Gasteiger partial charge in [0.2, 0.25) is 10.0 Å². The highest BCUT2D eigenvalue weighted by Crippen LogP contribution is 1.95.